The van der Waals surface area contributed by atoms with E-state index in [4.69, 9.17) is 4.74 Å². The van der Waals surface area contributed by atoms with E-state index < -0.39 is 5.97 Å². The fourth-order valence-corrected chi connectivity index (χ4v) is 3.16. The van der Waals surface area contributed by atoms with Gasteiger partial charge in [0.05, 0.1) is 11.8 Å². The summed E-state index contributed by atoms with van der Waals surface area (Å²) in [6, 6.07) is 27.3. The van der Waals surface area contributed by atoms with Crippen LogP contribution in [0.15, 0.2) is 96.1 Å². The Bertz CT molecular complexity index is 1260. The number of nitrogens with zero attached hydrogens (tertiary/aromatic N) is 1. The number of hydrazone groups is 1. The molecule has 0 saturated heterocycles. The smallest absolute Gasteiger partial charge is 0.343 e. The molecule has 152 valence electrons. The summed E-state index contributed by atoms with van der Waals surface area (Å²) in [5, 5.41) is 5.93. The zero-order chi connectivity index (χ0) is 21.6. The number of hydrogen-bond acceptors (Lipinski definition) is 4. The summed E-state index contributed by atoms with van der Waals surface area (Å²) >= 11 is 0. The Kier molecular flexibility index (Phi) is 5.85. The zero-order valence-electron chi connectivity index (χ0n) is 16.9. The van der Waals surface area contributed by atoms with Crippen molar-refractivity contribution in [3.05, 3.63) is 113 Å². The lowest BCUT2D eigenvalue weighted by Gasteiger charge is -2.11. The van der Waals surface area contributed by atoms with Crippen LogP contribution in [-0.2, 0) is 0 Å². The van der Waals surface area contributed by atoms with Crippen molar-refractivity contribution >= 4 is 28.9 Å². The molecule has 0 aliphatic carbocycles. The van der Waals surface area contributed by atoms with Gasteiger partial charge in [0.2, 0.25) is 0 Å². The second-order valence-electron chi connectivity index (χ2n) is 7.02. The number of benzene rings is 4. The number of hydrogen-bond donors (Lipinski definition) is 1. The van der Waals surface area contributed by atoms with Gasteiger partial charge >= 0.3 is 5.97 Å². The third-order valence-electron chi connectivity index (χ3n) is 4.82. The van der Waals surface area contributed by atoms with E-state index in [1.807, 2.05) is 55.5 Å². The Balaban J connectivity index is 1.63. The standard InChI is InChI=1S/C26H20N2O3/c1-18-11-13-21(14-12-18)26(30)31-24-16-15-19-7-5-6-10-22(19)23(24)17-27-28-25(29)20-8-3-2-4-9-20/h2-17H,1H3,(H,28,29)/b27-17+. The van der Waals surface area contributed by atoms with E-state index in [2.05, 4.69) is 10.5 Å². The predicted octanol–water partition coefficient (Wildman–Crippen LogP) is 5.13. The number of carbonyl (C=O) groups excluding carboxylic acids is 2. The SMILES string of the molecule is Cc1ccc(C(=O)Oc2ccc3ccccc3c2/C=N/NC(=O)c2ccccc2)cc1. The van der Waals surface area contributed by atoms with Crippen LogP contribution < -0.4 is 10.2 Å². The van der Waals surface area contributed by atoms with E-state index in [9.17, 15) is 9.59 Å². The number of ether oxygens (including phenoxy) is 1. The van der Waals surface area contributed by atoms with Gasteiger partial charge in [-0.2, -0.15) is 5.10 Å². The van der Waals surface area contributed by atoms with E-state index in [0.717, 1.165) is 16.3 Å². The predicted molar refractivity (Wildman–Crippen MR) is 122 cm³/mol. The lowest BCUT2D eigenvalue weighted by atomic mass is 10.0. The number of esters is 1. The molecule has 0 aliphatic rings. The molecule has 1 amide bonds. The summed E-state index contributed by atoms with van der Waals surface area (Å²) < 4.78 is 5.68. The van der Waals surface area contributed by atoms with Crippen LogP contribution in [0.1, 0.15) is 31.8 Å². The highest BCUT2D eigenvalue weighted by Gasteiger charge is 2.13. The molecule has 0 fully saturated rings. The molecule has 0 radical (unpaired) electrons. The lowest BCUT2D eigenvalue weighted by Crippen LogP contribution is -2.17. The maximum absolute atomic E-state index is 12.6. The van der Waals surface area contributed by atoms with Gasteiger partial charge in [-0.25, -0.2) is 10.2 Å². The molecule has 0 aromatic heterocycles. The zero-order valence-corrected chi connectivity index (χ0v) is 16.9. The Morgan fingerprint density at radius 2 is 1.52 bits per heavy atom. The average molecular weight is 408 g/mol. The first-order valence-electron chi connectivity index (χ1n) is 9.81. The summed E-state index contributed by atoms with van der Waals surface area (Å²) in [4.78, 5) is 24.9. The van der Waals surface area contributed by atoms with Gasteiger partial charge in [0.15, 0.2) is 0 Å². The van der Waals surface area contributed by atoms with Crippen LogP contribution in [0, 0.1) is 6.92 Å². The Hall–Kier alpha value is -4.25. The normalized spacial score (nSPS) is 10.9. The first kappa shape index (κ1) is 20.0. The molecule has 0 bridgehead atoms. The van der Waals surface area contributed by atoms with Crippen molar-refractivity contribution in [3.63, 3.8) is 0 Å². The molecule has 0 aliphatic heterocycles. The molecule has 4 aromatic rings. The van der Waals surface area contributed by atoms with Crippen LogP contribution in [-0.4, -0.2) is 18.1 Å². The number of rotatable bonds is 5. The number of aryl methyl sites for hydroxylation is 1. The molecule has 1 N–H and O–H groups in total. The van der Waals surface area contributed by atoms with Crippen molar-refractivity contribution in [2.75, 3.05) is 0 Å². The number of carbonyl (C=O) groups is 2. The fraction of sp³-hybridized carbons (Fsp3) is 0.0385. The molecule has 4 aromatic carbocycles. The van der Waals surface area contributed by atoms with Gasteiger partial charge in [0.25, 0.3) is 5.91 Å². The number of amides is 1. The van der Waals surface area contributed by atoms with Gasteiger partial charge in [-0.05, 0) is 48.0 Å². The molecule has 0 spiro atoms. The van der Waals surface area contributed by atoms with Gasteiger partial charge in [0, 0.05) is 11.1 Å². The highest BCUT2D eigenvalue weighted by molar-refractivity contribution is 6.04. The topological polar surface area (TPSA) is 67.8 Å². The first-order chi connectivity index (χ1) is 15.1. The minimum Gasteiger partial charge on any atom is -0.422 e. The summed E-state index contributed by atoms with van der Waals surface area (Å²) in [7, 11) is 0. The van der Waals surface area contributed by atoms with Gasteiger partial charge in [0.1, 0.15) is 5.75 Å². The van der Waals surface area contributed by atoms with Crippen molar-refractivity contribution in [1.82, 2.24) is 5.43 Å². The minimum absolute atomic E-state index is 0.324. The van der Waals surface area contributed by atoms with Gasteiger partial charge in [-0.1, -0.05) is 66.2 Å². The number of nitrogens with one attached hydrogen (secondary N) is 1. The van der Waals surface area contributed by atoms with Crippen LogP contribution in [0.25, 0.3) is 10.8 Å². The van der Waals surface area contributed by atoms with Gasteiger partial charge < -0.3 is 4.74 Å². The molecular weight excluding hydrogens is 388 g/mol. The van der Waals surface area contributed by atoms with E-state index >= 15 is 0 Å². The van der Waals surface area contributed by atoms with Gasteiger partial charge in [-0.15, -0.1) is 0 Å². The second kappa shape index (κ2) is 9.05. The van der Waals surface area contributed by atoms with Crippen molar-refractivity contribution < 1.29 is 14.3 Å². The minimum atomic E-state index is -0.460. The van der Waals surface area contributed by atoms with Crippen LogP contribution in [0.4, 0.5) is 0 Å². The van der Waals surface area contributed by atoms with Crippen molar-refractivity contribution in [3.8, 4) is 5.75 Å². The highest BCUT2D eigenvalue weighted by Crippen LogP contribution is 2.27. The maximum Gasteiger partial charge on any atom is 0.343 e. The second-order valence-corrected chi connectivity index (χ2v) is 7.02. The molecule has 5 nitrogen and oxygen atoms in total. The van der Waals surface area contributed by atoms with Gasteiger partial charge in [-0.3, -0.25) is 4.79 Å². The van der Waals surface area contributed by atoms with E-state index in [1.165, 1.54) is 6.21 Å². The van der Waals surface area contributed by atoms with Crippen LogP contribution in [0.2, 0.25) is 0 Å². The highest BCUT2D eigenvalue weighted by atomic mass is 16.5. The molecule has 0 unspecified atom stereocenters. The van der Waals surface area contributed by atoms with Crippen molar-refractivity contribution in [2.24, 2.45) is 5.10 Å². The summed E-state index contributed by atoms with van der Waals surface area (Å²) in [6.45, 7) is 1.96. The largest absolute Gasteiger partial charge is 0.422 e. The van der Waals surface area contributed by atoms with Crippen LogP contribution >= 0.6 is 0 Å². The third-order valence-corrected chi connectivity index (χ3v) is 4.82. The molecule has 0 heterocycles. The van der Waals surface area contributed by atoms with E-state index in [1.54, 1.807) is 42.5 Å². The third kappa shape index (κ3) is 4.67. The monoisotopic (exact) mass is 408 g/mol. The molecule has 5 heteroatoms. The quantitative estimate of drug-likeness (QED) is 0.215. The average Bonchev–Trinajstić information content (AvgIpc) is 2.81. The van der Waals surface area contributed by atoms with Crippen LogP contribution in [0.3, 0.4) is 0 Å². The first-order valence-corrected chi connectivity index (χ1v) is 9.81. The molecule has 31 heavy (non-hydrogen) atoms. The van der Waals surface area contributed by atoms with Crippen molar-refractivity contribution in [1.29, 1.82) is 0 Å². The summed E-state index contributed by atoms with van der Waals surface area (Å²) in [5.74, 6) is -0.421. The summed E-state index contributed by atoms with van der Waals surface area (Å²) in [5.41, 5.74) is 5.14. The molecule has 0 saturated carbocycles. The Morgan fingerprint density at radius 1 is 0.806 bits per heavy atom. The Labute approximate surface area is 180 Å². The molecular formula is C26H20N2O3. The van der Waals surface area contributed by atoms with E-state index in [0.29, 0.717) is 22.4 Å². The molecule has 0 atom stereocenters. The lowest BCUT2D eigenvalue weighted by molar-refractivity contribution is 0.0734. The van der Waals surface area contributed by atoms with E-state index in [-0.39, 0.29) is 5.91 Å². The maximum atomic E-state index is 12.6. The van der Waals surface area contributed by atoms with Crippen molar-refractivity contribution in [2.45, 2.75) is 6.92 Å². The fourth-order valence-electron chi connectivity index (χ4n) is 3.16. The molecule has 4 rings (SSSR count). The summed E-state index contributed by atoms with van der Waals surface area (Å²) in [6.07, 6.45) is 1.50. The Morgan fingerprint density at radius 3 is 2.29 bits per heavy atom. The number of fused-ring (bicyclic) bond motifs is 1. The van der Waals surface area contributed by atoms with Crippen LogP contribution in [0.5, 0.6) is 5.75 Å².